The summed E-state index contributed by atoms with van der Waals surface area (Å²) in [6.45, 7) is 0.465. The molecule has 0 aliphatic heterocycles. The number of ether oxygens (including phenoxy) is 2. The van der Waals surface area contributed by atoms with Crippen LogP contribution in [0.3, 0.4) is 0 Å². The van der Waals surface area contributed by atoms with Gasteiger partial charge < -0.3 is 20.5 Å². The van der Waals surface area contributed by atoms with Crippen molar-refractivity contribution >= 4 is 18.3 Å². The fourth-order valence-electron chi connectivity index (χ4n) is 3.10. The topological polar surface area (TPSA) is 73.6 Å². The van der Waals surface area contributed by atoms with Gasteiger partial charge in [-0.1, -0.05) is 37.1 Å². The molecule has 0 heterocycles. The van der Waals surface area contributed by atoms with E-state index in [4.69, 9.17) is 15.2 Å². The second-order valence-corrected chi connectivity index (χ2v) is 6.44. The van der Waals surface area contributed by atoms with Gasteiger partial charge in [-0.05, 0) is 42.7 Å². The molecule has 2 aromatic carbocycles. The molecule has 6 heteroatoms. The molecule has 0 radical (unpaired) electrons. The molecule has 3 rings (SSSR count). The van der Waals surface area contributed by atoms with Crippen molar-refractivity contribution in [3.63, 3.8) is 0 Å². The Hall–Kier alpha value is -2.24. The minimum atomic E-state index is -0.688. The van der Waals surface area contributed by atoms with Gasteiger partial charge in [-0.3, -0.25) is 4.79 Å². The van der Waals surface area contributed by atoms with Crippen molar-refractivity contribution in [2.24, 2.45) is 5.73 Å². The van der Waals surface area contributed by atoms with Crippen LogP contribution < -0.4 is 20.5 Å². The lowest BCUT2D eigenvalue weighted by Crippen LogP contribution is -2.51. The Bertz CT molecular complexity index is 728. The quantitative estimate of drug-likeness (QED) is 0.804. The minimum Gasteiger partial charge on any atom is -0.493 e. The normalized spacial score (nSPS) is 15.0. The van der Waals surface area contributed by atoms with Crippen LogP contribution >= 0.6 is 12.4 Å². The number of carbonyl (C=O) groups is 1. The van der Waals surface area contributed by atoms with Crippen molar-refractivity contribution in [3.8, 4) is 17.2 Å². The number of rotatable bonds is 6. The van der Waals surface area contributed by atoms with Crippen molar-refractivity contribution in [1.82, 2.24) is 5.32 Å². The molecule has 0 saturated heterocycles. The van der Waals surface area contributed by atoms with Crippen LogP contribution in [0.1, 0.15) is 31.2 Å². The zero-order valence-corrected chi connectivity index (χ0v) is 15.7. The van der Waals surface area contributed by atoms with Gasteiger partial charge in [-0.25, -0.2) is 0 Å². The molecule has 0 atom stereocenters. The average Bonchev–Trinajstić information content (AvgIpc) is 3.09. The summed E-state index contributed by atoms with van der Waals surface area (Å²) in [5.74, 6) is 2.01. The molecule has 0 bridgehead atoms. The lowest BCUT2D eigenvalue weighted by atomic mass is 9.98. The predicted octanol–water partition coefficient (Wildman–Crippen LogP) is 3.80. The van der Waals surface area contributed by atoms with E-state index in [1.54, 1.807) is 7.11 Å². The Morgan fingerprint density at radius 2 is 1.69 bits per heavy atom. The van der Waals surface area contributed by atoms with Crippen LogP contribution in [0, 0.1) is 0 Å². The van der Waals surface area contributed by atoms with E-state index in [0.29, 0.717) is 23.8 Å². The third kappa shape index (κ3) is 4.68. The van der Waals surface area contributed by atoms with Gasteiger partial charge in [0.2, 0.25) is 5.91 Å². The molecule has 26 heavy (non-hydrogen) atoms. The molecule has 1 aliphatic carbocycles. The average molecular weight is 377 g/mol. The SMILES string of the molecule is COc1ccccc1Oc1ccc(CNC(=O)C2(N)CCCC2)cc1.Cl. The van der Waals surface area contributed by atoms with Gasteiger partial charge in [-0.15, -0.1) is 12.4 Å². The number of nitrogens with one attached hydrogen (secondary N) is 1. The second kappa shape index (κ2) is 8.92. The third-order valence-corrected chi connectivity index (χ3v) is 4.62. The number of nitrogens with two attached hydrogens (primary N) is 1. The van der Waals surface area contributed by atoms with E-state index < -0.39 is 5.54 Å². The number of hydrogen-bond donors (Lipinski definition) is 2. The maximum atomic E-state index is 12.2. The van der Waals surface area contributed by atoms with E-state index in [-0.39, 0.29) is 18.3 Å². The zero-order valence-electron chi connectivity index (χ0n) is 14.9. The first-order chi connectivity index (χ1) is 12.1. The molecule has 0 spiro atoms. The van der Waals surface area contributed by atoms with Gasteiger partial charge in [-0.2, -0.15) is 0 Å². The van der Waals surface area contributed by atoms with Crippen LogP contribution in [0.15, 0.2) is 48.5 Å². The number of carbonyl (C=O) groups excluding carboxylic acids is 1. The van der Waals surface area contributed by atoms with Crippen LogP contribution in [0.4, 0.5) is 0 Å². The highest BCUT2D eigenvalue weighted by molar-refractivity contribution is 5.86. The van der Waals surface area contributed by atoms with E-state index in [2.05, 4.69) is 5.32 Å². The molecule has 1 amide bonds. The molecule has 1 saturated carbocycles. The van der Waals surface area contributed by atoms with Gasteiger partial charge in [0.1, 0.15) is 5.75 Å². The number of benzene rings is 2. The first-order valence-electron chi connectivity index (χ1n) is 8.58. The summed E-state index contributed by atoms with van der Waals surface area (Å²) in [7, 11) is 1.61. The Morgan fingerprint density at radius 1 is 1.08 bits per heavy atom. The number of para-hydroxylation sites is 2. The zero-order chi connectivity index (χ0) is 17.7. The van der Waals surface area contributed by atoms with Crippen LogP contribution in [0.5, 0.6) is 17.2 Å². The van der Waals surface area contributed by atoms with Crippen molar-refractivity contribution in [2.45, 2.75) is 37.8 Å². The number of hydrogen-bond acceptors (Lipinski definition) is 4. The molecule has 0 unspecified atom stereocenters. The molecule has 0 aromatic heterocycles. The Labute approximate surface area is 160 Å². The lowest BCUT2D eigenvalue weighted by molar-refractivity contribution is -0.126. The third-order valence-electron chi connectivity index (χ3n) is 4.62. The number of methoxy groups -OCH3 is 1. The Morgan fingerprint density at radius 3 is 2.31 bits per heavy atom. The molecular weight excluding hydrogens is 352 g/mol. The Balaban J connectivity index is 0.00000243. The van der Waals surface area contributed by atoms with Gasteiger partial charge >= 0.3 is 0 Å². The van der Waals surface area contributed by atoms with Gasteiger partial charge in [0.15, 0.2) is 11.5 Å². The summed E-state index contributed by atoms with van der Waals surface area (Å²) < 4.78 is 11.1. The van der Waals surface area contributed by atoms with E-state index in [0.717, 1.165) is 31.2 Å². The summed E-state index contributed by atoms with van der Waals surface area (Å²) in [6, 6.07) is 15.1. The fraction of sp³-hybridized carbons (Fsp3) is 0.350. The molecule has 3 N–H and O–H groups in total. The van der Waals surface area contributed by atoms with Crippen molar-refractivity contribution in [2.75, 3.05) is 7.11 Å². The summed E-state index contributed by atoms with van der Waals surface area (Å²) in [5.41, 5.74) is 6.47. The van der Waals surface area contributed by atoms with E-state index >= 15 is 0 Å². The number of amides is 1. The highest BCUT2D eigenvalue weighted by atomic mass is 35.5. The molecule has 1 aliphatic rings. The monoisotopic (exact) mass is 376 g/mol. The maximum absolute atomic E-state index is 12.2. The molecule has 1 fully saturated rings. The lowest BCUT2D eigenvalue weighted by Gasteiger charge is -2.22. The van der Waals surface area contributed by atoms with Crippen LogP contribution in [0.2, 0.25) is 0 Å². The van der Waals surface area contributed by atoms with Crippen molar-refractivity contribution < 1.29 is 14.3 Å². The summed E-state index contributed by atoms with van der Waals surface area (Å²) in [5, 5.41) is 2.94. The summed E-state index contributed by atoms with van der Waals surface area (Å²) >= 11 is 0. The highest BCUT2D eigenvalue weighted by Crippen LogP contribution is 2.31. The van der Waals surface area contributed by atoms with Crippen LogP contribution in [-0.2, 0) is 11.3 Å². The highest BCUT2D eigenvalue weighted by Gasteiger charge is 2.36. The van der Waals surface area contributed by atoms with Crippen molar-refractivity contribution in [1.29, 1.82) is 0 Å². The second-order valence-electron chi connectivity index (χ2n) is 6.44. The van der Waals surface area contributed by atoms with E-state index in [1.807, 2.05) is 48.5 Å². The fourth-order valence-corrected chi connectivity index (χ4v) is 3.10. The Kier molecular flexibility index (Phi) is 6.89. The van der Waals surface area contributed by atoms with Crippen LogP contribution in [-0.4, -0.2) is 18.6 Å². The number of halogens is 1. The largest absolute Gasteiger partial charge is 0.493 e. The predicted molar refractivity (Wildman–Crippen MR) is 104 cm³/mol. The minimum absolute atomic E-state index is 0. The first kappa shape index (κ1) is 20.1. The van der Waals surface area contributed by atoms with Crippen LogP contribution in [0.25, 0.3) is 0 Å². The smallest absolute Gasteiger partial charge is 0.240 e. The van der Waals surface area contributed by atoms with Gasteiger partial charge in [0, 0.05) is 6.54 Å². The molecular formula is C20H25ClN2O3. The molecule has 5 nitrogen and oxygen atoms in total. The standard InChI is InChI=1S/C20H24N2O3.ClH/c1-24-17-6-2-3-7-18(17)25-16-10-8-15(9-11-16)14-22-19(23)20(21)12-4-5-13-20;/h2-3,6-11H,4-5,12-14,21H2,1H3,(H,22,23);1H. The van der Waals surface area contributed by atoms with Crippen molar-refractivity contribution in [3.05, 3.63) is 54.1 Å². The maximum Gasteiger partial charge on any atom is 0.240 e. The van der Waals surface area contributed by atoms with E-state index in [1.165, 1.54) is 0 Å². The summed E-state index contributed by atoms with van der Waals surface area (Å²) in [4.78, 5) is 12.2. The van der Waals surface area contributed by atoms with E-state index in [9.17, 15) is 4.79 Å². The molecule has 140 valence electrons. The molecule has 2 aromatic rings. The summed E-state index contributed by atoms with van der Waals surface area (Å²) in [6.07, 6.45) is 3.59. The van der Waals surface area contributed by atoms with Gasteiger partial charge in [0.05, 0.1) is 12.6 Å². The van der Waals surface area contributed by atoms with Gasteiger partial charge in [0.25, 0.3) is 0 Å². The first-order valence-corrected chi connectivity index (χ1v) is 8.58.